The van der Waals surface area contributed by atoms with Crippen LogP contribution in [0, 0.1) is 19.8 Å². The Labute approximate surface area is 168 Å². The molecule has 1 fully saturated rings. The van der Waals surface area contributed by atoms with Crippen LogP contribution in [0.2, 0.25) is 0 Å². The highest BCUT2D eigenvalue weighted by Gasteiger charge is 2.21. The zero-order chi connectivity index (χ0) is 20.3. The Morgan fingerprint density at radius 3 is 2.36 bits per heavy atom. The number of anilines is 1. The Morgan fingerprint density at radius 2 is 1.79 bits per heavy atom. The van der Waals surface area contributed by atoms with Crippen molar-refractivity contribution in [3.63, 3.8) is 0 Å². The summed E-state index contributed by atoms with van der Waals surface area (Å²) < 4.78 is 33.6. The molecule has 28 heavy (non-hydrogen) atoms. The zero-order valence-electron chi connectivity index (χ0n) is 17.2. The lowest BCUT2D eigenvalue weighted by atomic mass is 9.99. The lowest BCUT2D eigenvalue weighted by molar-refractivity contribution is 0.413. The molecule has 0 bridgehead atoms. The number of piperidine rings is 1. The Kier molecular flexibility index (Phi) is 6.30. The molecule has 0 amide bonds. The average molecular weight is 403 g/mol. The van der Waals surface area contributed by atoms with Crippen LogP contribution in [-0.2, 0) is 16.6 Å². The van der Waals surface area contributed by atoms with Crippen molar-refractivity contribution in [2.75, 3.05) is 25.1 Å². The minimum Gasteiger partial charge on any atom is -0.497 e. The molecule has 3 rings (SSSR count). The van der Waals surface area contributed by atoms with Crippen molar-refractivity contribution in [3.05, 3.63) is 53.1 Å². The number of nitrogens with one attached hydrogen (secondary N) is 1. The van der Waals surface area contributed by atoms with Gasteiger partial charge >= 0.3 is 0 Å². The highest BCUT2D eigenvalue weighted by atomic mass is 32.2. The molecule has 0 aliphatic carbocycles. The summed E-state index contributed by atoms with van der Waals surface area (Å²) in [6.45, 7) is 8.31. The second kappa shape index (κ2) is 8.53. The van der Waals surface area contributed by atoms with E-state index in [9.17, 15) is 8.42 Å². The molecular weight excluding hydrogens is 372 g/mol. The fourth-order valence-corrected chi connectivity index (χ4v) is 5.42. The first-order valence-electron chi connectivity index (χ1n) is 9.79. The monoisotopic (exact) mass is 402 g/mol. The second-order valence-electron chi connectivity index (χ2n) is 7.77. The van der Waals surface area contributed by atoms with Crippen LogP contribution < -0.4 is 14.4 Å². The molecule has 1 aliphatic heterocycles. The van der Waals surface area contributed by atoms with Gasteiger partial charge in [-0.05, 0) is 73.6 Å². The first-order valence-corrected chi connectivity index (χ1v) is 11.3. The third-order valence-electron chi connectivity index (χ3n) is 5.36. The summed E-state index contributed by atoms with van der Waals surface area (Å²) in [4.78, 5) is 2.74. The standard InChI is InChI=1S/C22H30N2O3S/c1-16-6-5-11-24(15-16)20-9-7-19(8-10-20)14-23-28(25,26)22-17(2)12-21(27-4)13-18(22)3/h7-10,12-13,16,23H,5-6,11,14-15H2,1-4H3. The summed E-state index contributed by atoms with van der Waals surface area (Å²) >= 11 is 0. The van der Waals surface area contributed by atoms with Crippen LogP contribution in [-0.4, -0.2) is 28.6 Å². The highest BCUT2D eigenvalue weighted by Crippen LogP contribution is 2.26. The minimum atomic E-state index is -3.60. The summed E-state index contributed by atoms with van der Waals surface area (Å²) in [6.07, 6.45) is 2.52. The van der Waals surface area contributed by atoms with E-state index >= 15 is 0 Å². The Hall–Kier alpha value is -2.05. The molecule has 1 N–H and O–H groups in total. The van der Waals surface area contributed by atoms with Crippen LogP contribution in [0.4, 0.5) is 5.69 Å². The van der Waals surface area contributed by atoms with Crippen molar-refractivity contribution in [1.82, 2.24) is 4.72 Å². The van der Waals surface area contributed by atoms with Crippen LogP contribution in [0.3, 0.4) is 0 Å². The third-order valence-corrected chi connectivity index (χ3v) is 7.07. The van der Waals surface area contributed by atoms with Crippen molar-refractivity contribution < 1.29 is 13.2 Å². The van der Waals surface area contributed by atoms with Gasteiger partial charge in [0.2, 0.25) is 10.0 Å². The number of methoxy groups -OCH3 is 1. The number of ether oxygens (including phenoxy) is 1. The van der Waals surface area contributed by atoms with E-state index in [2.05, 4.69) is 28.7 Å². The summed E-state index contributed by atoms with van der Waals surface area (Å²) in [6, 6.07) is 11.7. The molecule has 2 aromatic carbocycles. The summed E-state index contributed by atoms with van der Waals surface area (Å²) in [7, 11) is -2.02. The average Bonchev–Trinajstić information content (AvgIpc) is 2.66. The number of benzene rings is 2. The van der Waals surface area contributed by atoms with Gasteiger partial charge < -0.3 is 9.64 Å². The van der Waals surface area contributed by atoms with E-state index in [0.29, 0.717) is 21.8 Å². The van der Waals surface area contributed by atoms with Gasteiger partial charge in [-0.2, -0.15) is 0 Å². The van der Waals surface area contributed by atoms with E-state index in [4.69, 9.17) is 4.74 Å². The number of hydrogen-bond acceptors (Lipinski definition) is 4. The molecule has 1 atom stereocenters. The van der Waals surface area contributed by atoms with E-state index in [1.807, 2.05) is 12.1 Å². The maximum atomic E-state index is 12.8. The summed E-state index contributed by atoms with van der Waals surface area (Å²) in [5.74, 6) is 1.38. The van der Waals surface area contributed by atoms with E-state index < -0.39 is 10.0 Å². The maximum Gasteiger partial charge on any atom is 0.241 e. The number of rotatable bonds is 6. The first kappa shape index (κ1) is 20.7. The molecule has 6 heteroatoms. The van der Waals surface area contributed by atoms with Crippen molar-refractivity contribution in [2.45, 2.75) is 45.1 Å². The van der Waals surface area contributed by atoms with Gasteiger partial charge in [-0.3, -0.25) is 0 Å². The van der Waals surface area contributed by atoms with Crippen molar-refractivity contribution in [2.24, 2.45) is 5.92 Å². The molecular formula is C22H30N2O3S. The van der Waals surface area contributed by atoms with Gasteiger partial charge in [-0.25, -0.2) is 13.1 Å². The quantitative estimate of drug-likeness (QED) is 0.793. The Balaban J connectivity index is 1.70. The summed E-state index contributed by atoms with van der Waals surface area (Å²) in [5, 5.41) is 0. The van der Waals surface area contributed by atoms with Crippen LogP contribution in [0.1, 0.15) is 36.5 Å². The molecule has 0 radical (unpaired) electrons. The van der Waals surface area contributed by atoms with Gasteiger partial charge in [0.05, 0.1) is 12.0 Å². The smallest absolute Gasteiger partial charge is 0.241 e. The largest absolute Gasteiger partial charge is 0.497 e. The molecule has 1 unspecified atom stereocenters. The SMILES string of the molecule is COc1cc(C)c(S(=O)(=O)NCc2ccc(N3CCCC(C)C3)cc2)c(C)c1. The molecule has 0 aromatic heterocycles. The number of sulfonamides is 1. The molecule has 1 aliphatic rings. The predicted molar refractivity (Wildman–Crippen MR) is 114 cm³/mol. The topological polar surface area (TPSA) is 58.6 Å². The van der Waals surface area contributed by atoms with Gasteiger partial charge in [0.15, 0.2) is 0 Å². The van der Waals surface area contributed by atoms with Crippen molar-refractivity contribution in [1.29, 1.82) is 0 Å². The van der Waals surface area contributed by atoms with Gasteiger partial charge in [-0.15, -0.1) is 0 Å². The van der Waals surface area contributed by atoms with Crippen LogP contribution >= 0.6 is 0 Å². The van der Waals surface area contributed by atoms with Crippen LogP contribution in [0.15, 0.2) is 41.3 Å². The molecule has 0 saturated carbocycles. The van der Waals surface area contributed by atoms with Gasteiger partial charge in [0.1, 0.15) is 5.75 Å². The Morgan fingerprint density at radius 1 is 1.14 bits per heavy atom. The van der Waals surface area contributed by atoms with E-state index in [-0.39, 0.29) is 6.54 Å². The second-order valence-corrected chi connectivity index (χ2v) is 9.48. The van der Waals surface area contributed by atoms with Gasteiger partial charge in [0, 0.05) is 25.3 Å². The van der Waals surface area contributed by atoms with Gasteiger partial charge in [0.25, 0.3) is 0 Å². The normalized spacial score (nSPS) is 17.6. The van der Waals surface area contributed by atoms with Crippen molar-refractivity contribution in [3.8, 4) is 5.75 Å². The van der Waals surface area contributed by atoms with E-state index in [1.165, 1.54) is 18.5 Å². The number of hydrogen-bond donors (Lipinski definition) is 1. The number of aryl methyl sites for hydroxylation is 2. The molecule has 0 spiro atoms. The molecule has 152 valence electrons. The fourth-order valence-electron chi connectivity index (χ4n) is 3.95. The minimum absolute atomic E-state index is 0.268. The third kappa shape index (κ3) is 4.67. The summed E-state index contributed by atoms with van der Waals surface area (Å²) in [5.41, 5.74) is 3.51. The highest BCUT2D eigenvalue weighted by molar-refractivity contribution is 7.89. The first-order chi connectivity index (χ1) is 13.3. The molecule has 5 nitrogen and oxygen atoms in total. The molecule has 1 heterocycles. The predicted octanol–water partition coefficient (Wildman–Crippen LogP) is 4.03. The van der Waals surface area contributed by atoms with E-state index in [1.54, 1.807) is 33.1 Å². The lowest BCUT2D eigenvalue weighted by Crippen LogP contribution is -2.34. The zero-order valence-corrected chi connectivity index (χ0v) is 18.0. The maximum absolute atomic E-state index is 12.8. The lowest BCUT2D eigenvalue weighted by Gasteiger charge is -2.32. The van der Waals surface area contributed by atoms with Crippen LogP contribution in [0.5, 0.6) is 5.75 Å². The molecule has 1 saturated heterocycles. The fraction of sp³-hybridized carbons (Fsp3) is 0.455. The van der Waals surface area contributed by atoms with Crippen LogP contribution in [0.25, 0.3) is 0 Å². The van der Waals surface area contributed by atoms with Crippen molar-refractivity contribution >= 4 is 15.7 Å². The molecule has 2 aromatic rings. The van der Waals surface area contributed by atoms with E-state index in [0.717, 1.165) is 24.6 Å². The van der Waals surface area contributed by atoms with Gasteiger partial charge in [-0.1, -0.05) is 19.1 Å². The number of nitrogens with zero attached hydrogens (tertiary/aromatic N) is 1. The Bertz CT molecular complexity index is 900.